The number of nitrogens with zero attached hydrogens (tertiary/aromatic N) is 2. The number of carbonyl (C=O) groups is 1. The van der Waals surface area contributed by atoms with Crippen LogP contribution in [0.1, 0.15) is 133 Å². The van der Waals surface area contributed by atoms with Crippen LogP contribution in [0.25, 0.3) is 0 Å². The standard InChI is InChI=1S/C32H12BF24.2C10H15.C9H8N2.C5H9O2.2Fe.Pd/c34-25(35,36)13-1-14(26(37,38)39)6-21(5-13)33(22-7-15(27(40,41)42)2-16(8-22)28(43,44)45,23-9-17(29(46,47)48)3-18(10-23)30(49,50)51)24-11-19(31(52,53)54)4-20(12-24)32(55,56)57;2*1-6-7(2)9(4)10(5)8(6)3;1-3-8(10-5-1)7-9-4-2-6-11-9;1-3-4-5(6)7-2;;;/h1-12H;2*1-5H3;1-6H,7H2;1,3-4H2,2H3;;;/q-1;;;;-1;3*+2. The van der Waals surface area contributed by atoms with Gasteiger partial charge in [-0.3, -0.25) is 4.79 Å². The molecule has 4 nitrogen and oxygen atoms in total. The number of hydrogen-bond donors (Lipinski definition) is 0. The van der Waals surface area contributed by atoms with E-state index in [9.17, 15) is 110 Å². The first-order chi connectivity index (χ1) is 43.1. The maximum Gasteiger partial charge on any atom is 2.00 e. The minimum Gasteiger partial charge on any atom is -0.469 e. The molecule has 2 aliphatic heterocycles. The van der Waals surface area contributed by atoms with Gasteiger partial charge in [0.1, 0.15) is 6.15 Å². The maximum absolute atomic E-state index is 14.2. The largest absolute Gasteiger partial charge is 2.00 e. The van der Waals surface area contributed by atoms with Gasteiger partial charge in [-0.05, 0) is 116 Å². The van der Waals surface area contributed by atoms with E-state index in [1.54, 1.807) is 13.1 Å². The molecular weight excluding hydrogens is 1540 g/mol. The molecule has 538 valence electrons. The van der Waals surface area contributed by atoms with Gasteiger partial charge in [0.05, 0.1) is 63.7 Å². The molecule has 4 aromatic carbocycles. The number of rotatable bonds is 8. The number of ether oxygens (including phenoxy) is 1. The summed E-state index contributed by atoms with van der Waals surface area (Å²) in [5.74, 6) is 14.5. The molecule has 0 N–H and O–H groups in total. The number of halogens is 24. The van der Waals surface area contributed by atoms with Crippen LogP contribution in [0.3, 0.4) is 0 Å². The van der Waals surface area contributed by atoms with E-state index in [1.807, 2.05) is 25.7 Å². The quantitative estimate of drug-likeness (QED) is 0.0764. The second-order valence-corrected chi connectivity index (χ2v) is 22.1. The fraction of sp³-hybridized carbons (Fsp3) is 0.333. The number of esters is 1. The first-order valence-electron chi connectivity index (χ1n) is 27.9. The smallest absolute Gasteiger partial charge is 0.469 e. The Balaban J connectivity index is 0.000000928. The Morgan fingerprint density at radius 2 is 0.531 bits per heavy atom. The van der Waals surface area contributed by atoms with E-state index in [-0.39, 0.29) is 60.5 Å². The third-order valence-corrected chi connectivity index (χ3v) is 16.3. The summed E-state index contributed by atoms with van der Waals surface area (Å²) in [5.41, 5.74) is -30.2. The summed E-state index contributed by atoms with van der Waals surface area (Å²) in [7, 11) is 1.37. The van der Waals surface area contributed by atoms with Gasteiger partial charge in [0.2, 0.25) is 0 Å². The van der Waals surface area contributed by atoms with Crippen molar-refractivity contribution in [3.8, 4) is 0 Å². The average molecular weight is 1600 g/mol. The van der Waals surface area contributed by atoms with Crippen LogP contribution in [0.15, 0.2) is 72.8 Å². The number of methoxy groups -OCH3 is 1. The van der Waals surface area contributed by atoms with Crippen molar-refractivity contribution < 1.29 is 169 Å². The maximum atomic E-state index is 14.2. The Morgan fingerprint density at radius 3 is 0.643 bits per heavy atom. The molecule has 2 saturated carbocycles. The van der Waals surface area contributed by atoms with Gasteiger partial charge < -0.3 is 11.7 Å². The molecule has 4 aromatic rings. The van der Waals surface area contributed by atoms with E-state index in [0.29, 0.717) is 12.8 Å². The zero-order valence-electron chi connectivity index (χ0n) is 53.1. The Morgan fingerprint density at radius 1 is 0.357 bits per heavy atom. The van der Waals surface area contributed by atoms with Gasteiger partial charge in [-0.15, -0.1) is 0 Å². The molecule has 8 rings (SSSR count). The van der Waals surface area contributed by atoms with Crippen molar-refractivity contribution in [2.45, 2.75) is 138 Å². The van der Waals surface area contributed by atoms with E-state index in [0.717, 1.165) is 18.5 Å². The summed E-state index contributed by atoms with van der Waals surface area (Å²) < 4.78 is 345. The van der Waals surface area contributed by atoms with Gasteiger partial charge in [-0.25, -0.2) is 10.6 Å². The van der Waals surface area contributed by atoms with Crippen LogP contribution in [0.2, 0.25) is 0 Å². The van der Waals surface area contributed by atoms with Crippen LogP contribution >= 0.6 is 0 Å². The molecule has 4 fully saturated rings. The fourth-order valence-corrected chi connectivity index (χ4v) is 10.2. The zero-order valence-corrected chi connectivity index (χ0v) is 56.9. The fourth-order valence-electron chi connectivity index (χ4n) is 10.2. The van der Waals surface area contributed by atoms with Crippen molar-refractivity contribution in [2.24, 2.45) is 0 Å². The Bertz CT molecular complexity index is 2580. The number of carbonyl (C=O) groups excluding carboxylic acids is 1. The summed E-state index contributed by atoms with van der Waals surface area (Å²) in [5, 5.41) is 8.30. The minimum atomic E-state index is -6.13. The number of benzene rings is 4. The third kappa shape index (κ3) is 24.0. The van der Waals surface area contributed by atoms with Gasteiger partial charge in [-0.2, -0.15) is 134 Å². The Labute approximate surface area is 590 Å². The van der Waals surface area contributed by atoms with E-state index < -0.39 is 195 Å². The number of alkyl halides is 24. The van der Waals surface area contributed by atoms with E-state index in [2.05, 4.69) is 91.5 Å². The monoisotopic (exact) mass is 1600 g/mol. The first-order valence-corrected chi connectivity index (χ1v) is 27.9. The van der Waals surface area contributed by atoms with E-state index in [1.165, 1.54) is 66.3 Å². The van der Waals surface area contributed by atoms with Crippen LogP contribution < -0.4 is 32.5 Å². The molecule has 2 aliphatic carbocycles. The molecule has 2 heterocycles. The second-order valence-electron chi connectivity index (χ2n) is 22.1. The predicted octanol–water partition coefficient (Wildman–Crippen LogP) is 18.7. The molecule has 0 spiro atoms. The predicted molar refractivity (Wildman–Crippen MR) is 307 cm³/mol. The van der Waals surface area contributed by atoms with Crippen LogP contribution in [0.5, 0.6) is 0 Å². The zero-order chi connectivity index (χ0) is 72.9. The SMILES string of the molecule is C[C]1[C](C)[C](C)[C](C)[C]1C.C[C]1[C](C)[C](C)[C](C)[C]1C.FC(F)(F)c1cc([B-](c2cc(C(F)(F)F)cc(C(F)(F)F)c2)(c2cc(C(F)(F)F)cc(C(F)(F)F)c2)c2cc(C(F)(F)F)cc(C(F)(F)F)c2)cc(C(F)(F)F)c1.[CH2-]CCC(=O)OC.[CH]1[CH][N][C](C[C]2[CH][CH][CH][N]2)[CH]1.[Fe+2].[Fe+2].[Pd+2]. The van der Waals surface area contributed by atoms with Crippen molar-refractivity contribution in [3.05, 3.63) is 234 Å². The van der Waals surface area contributed by atoms with Gasteiger partial charge in [-0.1, -0.05) is 118 Å². The summed E-state index contributed by atoms with van der Waals surface area (Å²) >= 11 is 0. The van der Waals surface area contributed by atoms with Crippen LogP contribution in [0, 0.1) is 117 Å². The molecule has 32 heteroatoms. The van der Waals surface area contributed by atoms with E-state index >= 15 is 0 Å². The Kier molecular flexibility index (Phi) is 33.6. The summed E-state index contributed by atoms with van der Waals surface area (Å²) in [6, 6.07) is -6.64. The summed E-state index contributed by atoms with van der Waals surface area (Å²) in [6.45, 7) is 29.1. The van der Waals surface area contributed by atoms with Crippen LogP contribution in [0.4, 0.5) is 105 Å². The average Bonchev–Trinajstić information content (AvgIpc) is 0.950. The number of hydrogen-bond acceptors (Lipinski definition) is 2. The summed E-state index contributed by atoms with van der Waals surface area (Å²) in [6.07, 6.45) is -45.0. The molecule has 0 bridgehead atoms. The van der Waals surface area contributed by atoms with Crippen molar-refractivity contribution in [1.82, 2.24) is 10.6 Å². The van der Waals surface area contributed by atoms with Gasteiger partial charge in [0, 0.05) is 19.5 Å². The van der Waals surface area contributed by atoms with Gasteiger partial charge in [0.25, 0.3) is 0 Å². The molecule has 0 unspecified atom stereocenters. The molecule has 98 heavy (non-hydrogen) atoms. The molecule has 0 aromatic heterocycles. The van der Waals surface area contributed by atoms with Crippen LogP contribution in [-0.4, -0.2) is 19.2 Å². The molecular formula is C66H59BF24Fe2N2O2Pd+4. The van der Waals surface area contributed by atoms with Crippen molar-refractivity contribution in [1.29, 1.82) is 0 Å². The molecule has 0 amide bonds. The normalized spacial score (nSPS) is 17.9. The second kappa shape index (κ2) is 35.7. The minimum absolute atomic E-state index is 0. The van der Waals surface area contributed by atoms with Crippen molar-refractivity contribution in [3.63, 3.8) is 0 Å². The van der Waals surface area contributed by atoms with Crippen molar-refractivity contribution >= 4 is 34.0 Å². The molecule has 2 saturated heterocycles. The van der Waals surface area contributed by atoms with E-state index in [4.69, 9.17) is 0 Å². The topological polar surface area (TPSA) is 54.5 Å². The third-order valence-electron chi connectivity index (χ3n) is 16.3. The first kappa shape index (κ1) is 92.4. The Hall–Kier alpha value is -3.64. The molecule has 0 atom stereocenters. The molecule has 20 radical (unpaired) electrons. The van der Waals surface area contributed by atoms with Gasteiger partial charge in [0.15, 0.2) is 0 Å². The van der Waals surface area contributed by atoms with Gasteiger partial charge >= 0.3 is 110 Å². The summed E-state index contributed by atoms with van der Waals surface area (Å²) in [4.78, 5) is 10.1. The molecule has 4 aliphatic rings. The van der Waals surface area contributed by atoms with Crippen molar-refractivity contribution in [2.75, 3.05) is 7.11 Å². The van der Waals surface area contributed by atoms with Crippen LogP contribution in [-0.2, 0) is 114 Å².